The van der Waals surface area contributed by atoms with Gasteiger partial charge in [0.1, 0.15) is 0 Å². The van der Waals surface area contributed by atoms with Crippen LogP contribution in [0.25, 0.3) is 6.08 Å². The molecule has 1 aromatic rings. The molecule has 0 aromatic heterocycles. The zero-order valence-electron chi connectivity index (χ0n) is 9.58. The molecule has 1 aromatic carbocycles. The van der Waals surface area contributed by atoms with Crippen LogP contribution in [-0.2, 0) is 0 Å². The van der Waals surface area contributed by atoms with E-state index in [0.29, 0.717) is 0 Å². The molecule has 0 saturated heterocycles. The van der Waals surface area contributed by atoms with Gasteiger partial charge in [-0.05, 0) is 30.7 Å². The van der Waals surface area contributed by atoms with Crippen LogP contribution in [-0.4, -0.2) is 0 Å². The first-order valence-electron chi connectivity index (χ1n) is 6.12. The van der Waals surface area contributed by atoms with E-state index in [1.807, 2.05) is 0 Å². The fourth-order valence-electron chi connectivity index (χ4n) is 2.37. The summed E-state index contributed by atoms with van der Waals surface area (Å²) in [5.74, 6) is 0.785. The molecule has 0 radical (unpaired) electrons. The lowest BCUT2D eigenvalue weighted by Gasteiger charge is -2.11. The summed E-state index contributed by atoms with van der Waals surface area (Å²) in [6.07, 6.45) is 9.28. The van der Waals surface area contributed by atoms with Crippen molar-refractivity contribution < 1.29 is 0 Å². The molecule has 0 spiro atoms. The molecule has 1 unspecified atom stereocenters. The van der Waals surface area contributed by atoms with Crippen LogP contribution in [0.15, 0.2) is 35.9 Å². The fourth-order valence-corrected chi connectivity index (χ4v) is 2.37. The lowest BCUT2D eigenvalue weighted by molar-refractivity contribution is 0.598. The molecule has 1 atom stereocenters. The van der Waals surface area contributed by atoms with Crippen molar-refractivity contribution in [1.29, 1.82) is 0 Å². The van der Waals surface area contributed by atoms with E-state index in [2.05, 4.69) is 43.3 Å². The van der Waals surface area contributed by atoms with Crippen LogP contribution < -0.4 is 0 Å². The van der Waals surface area contributed by atoms with Gasteiger partial charge in [0, 0.05) is 0 Å². The van der Waals surface area contributed by atoms with Crippen LogP contribution >= 0.6 is 0 Å². The quantitative estimate of drug-likeness (QED) is 0.578. The maximum absolute atomic E-state index is 2.40. The van der Waals surface area contributed by atoms with E-state index in [-0.39, 0.29) is 0 Å². The van der Waals surface area contributed by atoms with Gasteiger partial charge >= 0.3 is 0 Å². The van der Waals surface area contributed by atoms with E-state index in [9.17, 15) is 0 Å². The molecule has 1 aliphatic rings. The molecule has 0 amide bonds. The van der Waals surface area contributed by atoms with Crippen molar-refractivity contribution in [2.24, 2.45) is 5.92 Å². The Morgan fingerprint density at radius 2 is 1.87 bits per heavy atom. The minimum absolute atomic E-state index is 0.785. The van der Waals surface area contributed by atoms with E-state index in [0.717, 1.165) is 5.92 Å². The van der Waals surface area contributed by atoms with Crippen molar-refractivity contribution in [3.05, 3.63) is 41.5 Å². The molecule has 80 valence electrons. The van der Waals surface area contributed by atoms with Crippen LogP contribution in [0, 0.1) is 5.92 Å². The first kappa shape index (κ1) is 10.5. The van der Waals surface area contributed by atoms with Crippen molar-refractivity contribution in [3.63, 3.8) is 0 Å². The Hall–Kier alpha value is -1.04. The molecule has 1 aliphatic carbocycles. The summed E-state index contributed by atoms with van der Waals surface area (Å²) < 4.78 is 0. The highest BCUT2D eigenvalue weighted by Crippen LogP contribution is 2.29. The largest absolute Gasteiger partial charge is 0.0668 e. The molecular formula is C15H20. The Morgan fingerprint density at radius 3 is 2.67 bits per heavy atom. The van der Waals surface area contributed by atoms with E-state index < -0.39 is 0 Å². The van der Waals surface area contributed by atoms with Crippen LogP contribution in [0.1, 0.15) is 44.6 Å². The van der Waals surface area contributed by atoms with Crippen LogP contribution in [0.4, 0.5) is 0 Å². The number of benzene rings is 1. The Kier molecular flexibility index (Phi) is 3.60. The lowest BCUT2D eigenvalue weighted by atomic mass is 9.94. The summed E-state index contributed by atoms with van der Waals surface area (Å²) in [4.78, 5) is 0. The minimum Gasteiger partial charge on any atom is -0.0668 e. The molecule has 15 heavy (non-hydrogen) atoms. The monoisotopic (exact) mass is 200 g/mol. The molecule has 1 fully saturated rings. The Bertz CT molecular complexity index is 321. The normalized spacial score (nSPS) is 25.1. The number of hydrogen-bond acceptors (Lipinski definition) is 0. The van der Waals surface area contributed by atoms with Gasteiger partial charge in [-0.15, -0.1) is 0 Å². The topological polar surface area (TPSA) is 0 Å². The molecule has 0 heterocycles. The van der Waals surface area contributed by atoms with Crippen LogP contribution in [0.2, 0.25) is 0 Å². The van der Waals surface area contributed by atoms with Gasteiger partial charge in [-0.25, -0.2) is 0 Å². The first-order chi connectivity index (χ1) is 7.36. The minimum atomic E-state index is 0.785. The third kappa shape index (κ3) is 2.95. The van der Waals surface area contributed by atoms with Gasteiger partial charge in [0.2, 0.25) is 0 Å². The molecule has 0 aliphatic heterocycles. The highest BCUT2D eigenvalue weighted by molar-refractivity contribution is 5.53. The second-order valence-corrected chi connectivity index (χ2v) is 4.63. The summed E-state index contributed by atoms with van der Waals surface area (Å²) >= 11 is 0. The predicted molar refractivity (Wildman–Crippen MR) is 66.7 cm³/mol. The molecule has 2 rings (SSSR count). The van der Waals surface area contributed by atoms with Gasteiger partial charge in [0.05, 0.1) is 0 Å². The summed E-state index contributed by atoms with van der Waals surface area (Å²) in [7, 11) is 0. The summed E-state index contributed by atoms with van der Waals surface area (Å²) in [5, 5.41) is 0. The smallest absolute Gasteiger partial charge is 0.0228 e. The summed E-state index contributed by atoms with van der Waals surface area (Å²) in [6.45, 7) is 2.38. The maximum atomic E-state index is 2.40. The molecular weight excluding hydrogens is 180 g/mol. The van der Waals surface area contributed by atoms with E-state index in [1.165, 1.54) is 37.7 Å². The van der Waals surface area contributed by atoms with E-state index in [1.54, 1.807) is 5.57 Å². The number of allylic oxidation sites excluding steroid dienone is 1. The third-order valence-corrected chi connectivity index (χ3v) is 3.39. The van der Waals surface area contributed by atoms with Gasteiger partial charge in [-0.1, -0.05) is 61.7 Å². The second-order valence-electron chi connectivity index (χ2n) is 4.63. The highest BCUT2D eigenvalue weighted by Gasteiger charge is 2.12. The number of hydrogen-bond donors (Lipinski definition) is 0. The van der Waals surface area contributed by atoms with Gasteiger partial charge in [-0.2, -0.15) is 0 Å². The Morgan fingerprint density at radius 1 is 1.07 bits per heavy atom. The zero-order valence-corrected chi connectivity index (χ0v) is 9.58. The number of rotatable bonds is 1. The third-order valence-electron chi connectivity index (χ3n) is 3.39. The standard InChI is InChI=1S/C15H20/c1-13-8-4-2-7-11-15(13)12-14-9-5-3-6-10-14/h3,5-6,9-10,12-13H,2,4,7-8,11H2,1H3. The van der Waals surface area contributed by atoms with Crippen LogP contribution in [0.3, 0.4) is 0 Å². The predicted octanol–water partition coefficient (Wildman–Crippen LogP) is 4.67. The molecule has 0 N–H and O–H groups in total. The molecule has 1 saturated carbocycles. The van der Waals surface area contributed by atoms with Gasteiger partial charge in [0.25, 0.3) is 0 Å². The van der Waals surface area contributed by atoms with Crippen molar-refractivity contribution in [2.75, 3.05) is 0 Å². The fraction of sp³-hybridized carbons (Fsp3) is 0.467. The van der Waals surface area contributed by atoms with E-state index in [4.69, 9.17) is 0 Å². The molecule has 0 heteroatoms. The van der Waals surface area contributed by atoms with Crippen LogP contribution in [0.5, 0.6) is 0 Å². The maximum Gasteiger partial charge on any atom is -0.0228 e. The Balaban J connectivity index is 2.17. The lowest BCUT2D eigenvalue weighted by Crippen LogP contribution is -1.96. The Labute approximate surface area is 93.0 Å². The van der Waals surface area contributed by atoms with Crippen molar-refractivity contribution >= 4 is 6.08 Å². The van der Waals surface area contributed by atoms with Gasteiger partial charge < -0.3 is 0 Å². The highest BCUT2D eigenvalue weighted by atomic mass is 14.2. The summed E-state index contributed by atoms with van der Waals surface area (Å²) in [6, 6.07) is 10.7. The van der Waals surface area contributed by atoms with Crippen molar-refractivity contribution in [2.45, 2.75) is 39.0 Å². The SMILES string of the molecule is CC1CCCCCC1=Cc1ccccc1. The van der Waals surface area contributed by atoms with Gasteiger partial charge in [0.15, 0.2) is 0 Å². The summed E-state index contributed by atoms with van der Waals surface area (Å²) in [5.41, 5.74) is 3.01. The van der Waals surface area contributed by atoms with Gasteiger partial charge in [-0.3, -0.25) is 0 Å². The molecule has 0 bridgehead atoms. The zero-order chi connectivity index (χ0) is 10.5. The van der Waals surface area contributed by atoms with Crippen molar-refractivity contribution in [1.82, 2.24) is 0 Å². The molecule has 0 nitrogen and oxygen atoms in total. The van der Waals surface area contributed by atoms with E-state index >= 15 is 0 Å². The first-order valence-corrected chi connectivity index (χ1v) is 6.12. The average molecular weight is 200 g/mol. The second kappa shape index (κ2) is 5.16. The average Bonchev–Trinajstić information content (AvgIpc) is 2.46. The van der Waals surface area contributed by atoms with Crippen molar-refractivity contribution in [3.8, 4) is 0 Å².